The van der Waals surface area contributed by atoms with E-state index in [1.165, 1.54) is 0 Å². The van der Waals surface area contributed by atoms with E-state index in [-0.39, 0.29) is 12.5 Å². The molecule has 0 saturated carbocycles. The average Bonchev–Trinajstić information content (AvgIpc) is 2.91. The number of aryl methyl sites for hydroxylation is 1. The number of unbranched alkanes of at least 4 members (excludes halogenated alkanes) is 2. The highest BCUT2D eigenvalue weighted by molar-refractivity contribution is 5.97. The molecular formula is C16H23N3O2. The molecule has 0 fully saturated rings. The van der Waals surface area contributed by atoms with Crippen LogP contribution in [0.15, 0.2) is 18.2 Å². The zero-order chi connectivity index (χ0) is 15.1. The zero-order valence-corrected chi connectivity index (χ0v) is 12.5. The van der Waals surface area contributed by atoms with E-state index in [0.29, 0.717) is 18.4 Å². The Kier molecular flexibility index (Phi) is 5.75. The molecule has 1 aromatic carbocycles. The summed E-state index contributed by atoms with van der Waals surface area (Å²) in [4.78, 5) is 19.7. The number of hydrogen-bond donors (Lipinski definition) is 3. The van der Waals surface area contributed by atoms with Crippen molar-refractivity contribution in [3.8, 4) is 0 Å². The smallest absolute Gasteiger partial charge is 0.251 e. The summed E-state index contributed by atoms with van der Waals surface area (Å²) in [5.41, 5.74) is 2.37. The lowest BCUT2D eigenvalue weighted by atomic mass is 10.2. The van der Waals surface area contributed by atoms with E-state index in [2.05, 4.69) is 22.2 Å². The zero-order valence-electron chi connectivity index (χ0n) is 12.5. The monoisotopic (exact) mass is 289 g/mol. The van der Waals surface area contributed by atoms with E-state index < -0.39 is 0 Å². The number of hydrogen-bond acceptors (Lipinski definition) is 3. The Morgan fingerprint density at radius 3 is 2.95 bits per heavy atom. The Bertz CT molecular complexity index is 592. The van der Waals surface area contributed by atoms with Crippen molar-refractivity contribution in [2.24, 2.45) is 0 Å². The van der Waals surface area contributed by atoms with E-state index in [4.69, 9.17) is 5.11 Å². The first-order chi connectivity index (χ1) is 10.2. The van der Waals surface area contributed by atoms with Crippen LogP contribution in [0, 0.1) is 0 Å². The number of nitrogens with zero attached hydrogens (tertiary/aromatic N) is 1. The third kappa shape index (κ3) is 4.29. The number of fused-ring (bicyclic) bond motifs is 1. The number of benzene rings is 1. The van der Waals surface area contributed by atoms with Crippen LogP contribution >= 0.6 is 0 Å². The van der Waals surface area contributed by atoms with E-state index in [1.807, 2.05) is 12.1 Å². The van der Waals surface area contributed by atoms with Gasteiger partial charge in [0.2, 0.25) is 0 Å². The van der Waals surface area contributed by atoms with Crippen LogP contribution in [0.25, 0.3) is 11.0 Å². The van der Waals surface area contributed by atoms with Gasteiger partial charge in [0.15, 0.2) is 0 Å². The van der Waals surface area contributed by atoms with Gasteiger partial charge >= 0.3 is 0 Å². The van der Waals surface area contributed by atoms with Crippen LogP contribution in [-0.4, -0.2) is 34.1 Å². The third-order valence-corrected chi connectivity index (χ3v) is 3.43. The van der Waals surface area contributed by atoms with Crippen molar-refractivity contribution < 1.29 is 9.90 Å². The molecule has 0 atom stereocenters. The molecule has 2 rings (SSSR count). The first kappa shape index (κ1) is 15.5. The predicted octanol–water partition coefficient (Wildman–Crippen LogP) is 2.41. The molecule has 5 nitrogen and oxygen atoms in total. The highest BCUT2D eigenvalue weighted by Crippen LogP contribution is 2.14. The van der Waals surface area contributed by atoms with Crippen molar-refractivity contribution in [1.29, 1.82) is 0 Å². The Balaban J connectivity index is 2.02. The fraction of sp³-hybridized carbons (Fsp3) is 0.500. The summed E-state index contributed by atoms with van der Waals surface area (Å²) >= 11 is 0. The average molecular weight is 289 g/mol. The third-order valence-electron chi connectivity index (χ3n) is 3.43. The standard InChI is InChI=1S/C16H23N3O2/c1-2-3-4-9-17-16(21)12-7-8-13-14(11-12)19-15(18-13)6-5-10-20/h7-8,11,20H,2-6,9-10H2,1H3,(H,17,21)(H,18,19). The summed E-state index contributed by atoms with van der Waals surface area (Å²) in [5, 5.41) is 11.8. The summed E-state index contributed by atoms with van der Waals surface area (Å²) in [6.07, 6.45) is 4.69. The molecule has 0 aliphatic heterocycles. The number of rotatable bonds is 8. The van der Waals surface area contributed by atoms with Crippen LogP contribution < -0.4 is 5.32 Å². The number of amides is 1. The molecule has 2 aromatic rings. The summed E-state index contributed by atoms with van der Waals surface area (Å²) in [6, 6.07) is 5.49. The Hall–Kier alpha value is -1.88. The van der Waals surface area contributed by atoms with Crippen LogP contribution in [0.3, 0.4) is 0 Å². The number of aromatic nitrogens is 2. The molecule has 5 heteroatoms. The van der Waals surface area contributed by atoms with Gasteiger partial charge in [-0.2, -0.15) is 0 Å². The molecule has 1 amide bonds. The maximum absolute atomic E-state index is 12.1. The number of imidazole rings is 1. The van der Waals surface area contributed by atoms with Crippen molar-refractivity contribution in [2.75, 3.05) is 13.2 Å². The van der Waals surface area contributed by atoms with Crippen LogP contribution in [0.2, 0.25) is 0 Å². The number of nitrogens with one attached hydrogen (secondary N) is 2. The van der Waals surface area contributed by atoms with Gasteiger partial charge in [-0.15, -0.1) is 0 Å². The predicted molar refractivity (Wildman–Crippen MR) is 83.4 cm³/mol. The number of H-pyrrole nitrogens is 1. The Morgan fingerprint density at radius 2 is 2.19 bits per heavy atom. The lowest BCUT2D eigenvalue weighted by Crippen LogP contribution is -2.24. The van der Waals surface area contributed by atoms with Gasteiger partial charge in [0, 0.05) is 25.1 Å². The molecule has 0 unspecified atom stereocenters. The lowest BCUT2D eigenvalue weighted by molar-refractivity contribution is 0.0953. The van der Waals surface area contributed by atoms with Crippen molar-refractivity contribution in [1.82, 2.24) is 15.3 Å². The van der Waals surface area contributed by atoms with E-state index >= 15 is 0 Å². The quantitative estimate of drug-likeness (QED) is 0.653. The molecule has 0 bridgehead atoms. The Morgan fingerprint density at radius 1 is 1.33 bits per heavy atom. The van der Waals surface area contributed by atoms with Crippen LogP contribution in [-0.2, 0) is 6.42 Å². The minimum Gasteiger partial charge on any atom is -0.396 e. The first-order valence-electron chi connectivity index (χ1n) is 7.62. The number of carbonyl (C=O) groups is 1. The van der Waals surface area contributed by atoms with Crippen LogP contribution in [0.5, 0.6) is 0 Å². The van der Waals surface area contributed by atoms with Gasteiger partial charge in [0.05, 0.1) is 11.0 Å². The maximum Gasteiger partial charge on any atom is 0.251 e. The van der Waals surface area contributed by atoms with Crippen molar-refractivity contribution >= 4 is 16.9 Å². The van der Waals surface area contributed by atoms with Gasteiger partial charge in [-0.05, 0) is 31.0 Å². The second kappa shape index (κ2) is 7.78. The molecule has 1 heterocycles. The van der Waals surface area contributed by atoms with Crippen LogP contribution in [0.4, 0.5) is 0 Å². The highest BCUT2D eigenvalue weighted by atomic mass is 16.2. The molecule has 21 heavy (non-hydrogen) atoms. The topological polar surface area (TPSA) is 78.0 Å². The van der Waals surface area contributed by atoms with Gasteiger partial charge in [-0.25, -0.2) is 4.98 Å². The molecule has 0 aliphatic rings. The normalized spacial score (nSPS) is 11.0. The lowest BCUT2D eigenvalue weighted by Gasteiger charge is -2.04. The van der Waals surface area contributed by atoms with Crippen molar-refractivity contribution in [3.63, 3.8) is 0 Å². The second-order valence-electron chi connectivity index (χ2n) is 5.21. The van der Waals surface area contributed by atoms with Gasteiger partial charge in [-0.3, -0.25) is 4.79 Å². The maximum atomic E-state index is 12.1. The number of aromatic amines is 1. The SMILES string of the molecule is CCCCCNC(=O)c1ccc2nc(CCCO)[nH]c2c1. The Labute approximate surface area is 124 Å². The minimum atomic E-state index is -0.0421. The van der Waals surface area contributed by atoms with Crippen LogP contribution in [0.1, 0.15) is 48.8 Å². The fourth-order valence-corrected chi connectivity index (χ4v) is 2.25. The van der Waals surface area contributed by atoms with Gasteiger partial charge in [0.1, 0.15) is 5.82 Å². The van der Waals surface area contributed by atoms with Crippen molar-refractivity contribution in [2.45, 2.75) is 39.0 Å². The van der Waals surface area contributed by atoms with Gasteiger partial charge in [0.25, 0.3) is 5.91 Å². The summed E-state index contributed by atoms with van der Waals surface area (Å²) < 4.78 is 0. The second-order valence-corrected chi connectivity index (χ2v) is 5.21. The summed E-state index contributed by atoms with van der Waals surface area (Å²) in [6.45, 7) is 3.01. The van der Waals surface area contributed by atoms with Gasteiger partial charge < -0.3 is 15.4 Å². The fourth-order valence-electron chi connectivity index (χ4n) is 2.25. The van der Waals surface area contributed by atoms with E-state index in [0.717, 1.165) is 42.7 Å². The summed E-state index contributed by atoms with van der Waals surface area (Å²) in [7, 11) is 0. The largest absolute Gasteiger partial charge is 0.396 e. The van der Waals surface area contributed by atoms with E-state index in [9.17, 15) is 4.79 Å². The van der Waals surface area contributed by atoms with Gasteiger partial charge in [-0.1, -0.05) is 19.8 Å². The number of aliphatic hydroxyl groups is 1. The number of carbonyl (C=O) groups excluding carboxylic acids is 1. The minimum absolute atomic E-state index is 0.0421. The molecule has 114 valence electrons. The summed E-state index contributed by atoms with van der Waals surface area (Å²) in [5.74, 6) is 0.805. The molecule has 0 aliphatic carbocycles. The van der Waals surface area contributed by atoms with E-state index in [1.54, 1.807) is 6.07 Å². The molecule has 1 aromatic heterocycles. The molecule has 3 N–H and O–H groups in total. The molecule has 0 spiro atoms. The highest BCUT2D eigenvalue weighted by Gasteiger charge is 2.08. The van der Waals surface area contributed by atoms with Crippen molar-refractivity contribution in [3.05, 3.63) is 29.6 Å². The number of aliphatic hydroxyl groups excluding tert-OH is 1. The molecule has 0 radical (unpaired) electrons. The first-order valence-corrected chi connectivity index (χ1v) is 7.62. The molecule has 0 saturated heterocycles. The molecular weight excluding hydrogens is 266 g/mol.